The summed E-state index contributed by atoms with van der Waals surface area (Å²) in [4.78, 5) is 11.5. The Balaban J connectivity index is 2.21. The third kappa shape index (κ3) is 3.49. The molecule has 1 atom stereocenters. The zero-order valence-corrected chi connectivity index (χ0v) is 10.0. The summed E-state index contributed by atoms with van der Waals surface area (Å²) in [6, 6.07) is 0.0176. The molecule has 15 heavy (non-hydrogen) atoms. The number of carbonyl (C=O) groups excluding carboxylic acids is 1. The van der Waals surface area contributed by atoms with Crippen LogP contribution in [0.3, 0.4) is 0 Å². The molecule has 0 aromatic carbocycles. The fourth-order valence-electron chi connectivity index (χ4n) is 2.07. The van der Waals surface area contributed by atoms with E-state index in [4.69, 9.17) is 5.73 Å². The lowest BCUT2D eigenvalue weighted by Crippen LogP contribution is -2.42. The zero-order valence-electron chi connectivity index (χ0n) is 10.0. The van der Waals surface area contributed by atoms with E-state index in [-0.39, 0.29) is 11.9 Å². The first-order chi connectivity index (χ1) is 7.12. The van der Waals surface area contributed by atoms with Crippen molar-refractivity contribution < 1.29 is 4.79 Å². The molecule has 1 unspecified atom stereocenters. The van der Waals surface area contributed by atoms with Gasteiger partial charge in [-0.1, -0.05) is 20.3 Å². The van der Waals surface area contributed by atoms with Gasteiger partial charge in [0, 0.05) is 19.0 Å². The van der Waals surface area contributed by atoms with Crippen molar-refractivity contribution in [3.63, 3.8) is 0 Å². The zero-order chi connectivity index (χ0) is 11.3. The predicted octanol–water partition coefficient (Wildman–Crippen LogP) is 1.81. The molecule has 1 aliphatic rings. The van der Waals surface area contributed by atoms with E-state index in [0.29, 0.717) is 11.8 Å². The third-order valence-electron chi connectivity index (χ3n) is 3.80. The molecular formula is C12H24N2O. The van der Waals surface area contributed by atoms with Crippen molar-refractivity contribution in [3.05, 3.63) is 0 Å². The molecule has 1 aliphatic carbocycles. The normalized spacial score (nSPS) is 20.5. The summed E-state index contributed by atoms with van der Waals surface area (Å²) >= 11 is 0. The Hall–Kier alpha value is -0.570. The quantitative estimate of drug-likeness (QED) is 0.705. The van der Waals surface area contributed by atoms with Crippen LogP contribution in [0.1, 0.15) is 52.4 Å². The lowest BCUT2D eigenvalue weighted by atomic mass is 9.67. The first-order valence-electron chi connectivity index (χ1n) is 6.14. The lowest BCUT2D eigenvalue weighted by Gasteiger charge is -2.41. The van der Waals surface area contributed by atoms with Crippen LogP contribution >= 0.6 is 0 Å². The Kier molecular flexibility index (Phi) is 4.58. The Morgan fingerprint density at radius 1 is 1.47 bits per heavy atom. The van der Waals surface area contributed by atoms with Crippen molar-refractivity contribution in [2.45, 2.75) is 58.4 Å². The topological polar surface area (TPSA) is 55.1 Å². The SMILES string of the molecule is CCC(N)CC(=O)NCC1(CC)CCC1. The average Bonchev–Trinajstić information content (AvgIpc) is 2.16. The van der Waals surface area contributed by atoms with Crippen LogP contribution in [0.15, 0.2) is 0 Å². The van der Waals surface area contributed by atoms with E-state index in [1.807, 2.05) is 6.92 Å². The fraction of sp³-hybridized carbons (Fsp3) is 0.917. The largest absolute Gasteiger partial charge is 0.355 e. The van der Waals surface area contributed by atoms with Crippen molar-refractivity contribution >= 4 is 5.91 Å². The number of amides is 1. The molecule has 0 saturated heterocycles. The summed E-state index contributed by atoms with van der Waals surface area (Å²) in [5.74, 6) is 0.115. The van der Waals surface area contributed by atoms with E-state index >= 15 is 0 Å². The number of nitrogens with two attached hydrogens (primary N) is 1. The highest BCUT2D eigenvalue weighted by atomic mass is 16.1. The second-order valence-corrected chi connectivity index (χ2v) is 4.86. The standard InChI is InChI=1S/C12H24N2O/c1-3-10(13)8-11(15)14-9-12(4-2)6-5-7-12/h10H,3-9,13H2,1-2H3,(H,14,15). The monoisotopic (exact) mass is 212 g/mol. The molecule has 88 valence electrons. The molecule has 3 heteroatoms. The van der Waals surface area contributed by atoms with Gasteiger partial charge in [-0.05, 0) is 31.1 Å². The molecule has 1 saturated carbocycles. The Morgan fingerprint density at radius 2 is 2.13 bits per heavy atom. The highest BCUT2D eigenvalue weighted by Gasteiger charge is 2.35. The van der Waals surface area contributed by atoms with Crippen LogP contribution in [0.4, 0.5) is 0 Å². The Morgan fingerprint density at radius 3 is 2.53 bits per heavy atom. The summed E-state index contributed by atoms with van der Waals surface area (Å²) in [7, 11) is 0. The summed E-state index contributed by atoms with van der Waals surface area (Å²) in [5, 5.41) is 3.02. The van der Waals surface area contributed by atoms with Crippen LogP contribution < -0.4 is 11.1 Å². The van der Waals surface area contributed by atoms with E-state index in [1.165, 1.54) is 25.7 Å². The average molecular weight is 212 g/mol. The Labute approximate surface area is 92.8 Å². The number of hydrogen-bond acceptors (Lipinski definition) is 2. The van der Waals surface area contributed by atoms with Crippen molar-refractivity contribution in [3.8, 4) is 0 Å². The minimum atomic E-state index is 0.0176. The summed E-state index contributed by atoms with van der Waals surface area (Å²) < 4.78 is 0. The molecule has 0 bridgehead atoms. The summed E-state index contributed by atoms with van der Waals surface area (Å²) in [6.45, 7) is 5.07. The molecule has 1 fully saturated rings. The molecule has 1 amide bonds. The van der Waals surface area contributed by atoms with Gasteiger partial charge in [-0.15, -0.1) is 0 Å². The second kappa shape index (κ2) is 5.50. The van der Waals surface area contributed by atoms with E-state index in [2.05, 4.69) is 12.2 Å². The van der Waals surface area contributed by atoms with Gasteiger partial charge in [-0.25, -0.2) is 0 Å². The van der Waals surface area contributed by atoms with Gasteiger partial charge in [-0.3, -0.25) is 4.79 Å². The third-order valence-corrected chi connectivity index (χ3v) is 3.80. The Bertz CT molecular complexity index is 206. The van der Waals surface area contributed by atoms with Crippen LogP contribution in [0.25, 0.3) is 0 Å². The molecule has 0 aromatic rings. The molecule has 1 rings (SSSR count). The predicted molar refractivity (Wildman–Crippen MR) is 62.5 cm³/mol. The van der Waals surface area contributed by atoms with E-state index in [0.717, 1.165) is 13.0 Å². The van der Waals surface area contributed by atoms with Gasteiger partial charge in [-0.2, -0.15) is 0 Å². The van der Waals surface area contributed by atoms with Gasteiger partial charge in [0.25, 0.3) is 0 Å². The maximum atomic E-state index is 11.5. The van der Waals surface area contributed by atoms with E-state index < -0.39 is 0 Å². The van der Waals surface area contributed by atoms with Crippen LogP contribution in [0.2, 0.25) is 0 Å². The van der Waals surface area contributed by atoms with E-state index in [9.17, 15) is 4.79 Å². The lowest BCUT2D eigenvalue weighted by molar-refractivity contribution is -0.122. The van der Waals surface area contributed by atoms with Gasteiger partial charge in [0.1, 0.15) is 0 Å². The van der Waals surface area contributed by atoms with Gasteiger partial charge >= 0.3 is 0 Å². The van der Waals surface area contributed by atoms with Gasteiger partial charge in [0.05, 0.1) is 0 Å². The molecule has 0 aromatic heterocycles. The maximum absolute atomic E-state index is 11.5. The van der Waals surface area contributed by atoms with Crippen molar-refractivity contribution in [2.24, 2.45) is 11.1 Å². The van der Waals surface area contributed by atoms with Crippen LogP contribution in [0, 0.1) is 5.41 Å². The molecule has 0 spiro atoms. The highest BCUT2D eigenvalue weighted by Crippen LogP contribution is 2.42. The minimum Gasteiger partial charge on any atom is -0.355 e. The van der Waals surface area contributed by atoms with Gasteiger partial charge in [0.2, 0.25) is 5.91 Å². The first-order valence-corrected chi connectivity index (χ1v) is 6.14. The second-order valence-electron chi connectivity index (χ2n) is 4.86. The molecule has 3 N–H and O–H groups in total. The number of carbonyl (C=O) groups is 1. The fourth-order valence-corrected chi connectivity index (χ4v) is 2.07. The maximum Gasteiger partial charge on any atom is 0.221 e. The van der Waals surface area contributed by atoms with Crippen molar-refractivity contribution in [1.29, 1.82) is 0 Å². The van der Waals surface area contributed by atoms with Crippen molar-refractivity contribution in [2.75, 3.05) is 6.54 Å². The summed E-state index contributed by atoms with van der Waals surface area (Å²) in [5.41, 5.74) is 6.14. The minimum absolute atomic E-state index is 0.0176. The molecular weight excluding hydrogens is 188 g/mol. The van der Waals surface area contributed by atoms with Crippen LogP contribution in [-0.2, 0) is 4.79 Å². The highest BCUT2D eigenvalue weighted by molar-refractivity contribution is 5.76. The molecule has 0 aliphatic heterocycles. The van der Waals surface area contributed by atoms with Crippen LogP contribution in [0.5, 0.6) is 0 Å². The molecule has 0 radical (unpaired) electrons. The van der Waals surface area contributed by atoms with Gasteiger partial charge < -0.3 is 11.1 Å². The number of nitrogens with one attached hydrogen (secondary N) is 1. The smallest absolute Gasteiger partial charge is 0.221 e. The van der Waals surface area contributed by atoms with E-state index in [1.54, 1.807) is 0 Å². The molecule has 0 heterocycles. The van der Waals surface area contributed by atoms with Crippen molar-refractivity contribution in [1.82, 2.24) is 5.32 Å². The number of hydrogen-bond donors (Lipinski definition) is 2. The molecule has 3 nitrogen and oxygen atoms in total. The van der Waals surface area contributed by atoms with Crippen LogP contribution in [-0.4, -0.2) is 18.5 Å². The van der Waals surface area contributed by atoms with Gasteiger partial charge in [0.15, 0.2) is 0 Å². The first kappa shape index (κ1) is 12.5. The summed E-state index contributed by atoms with van der Waals surface area (Å²) in [6.07, 6.45) is 6.36. The number of rotatable bonds is 6.